The van der Waals surface area contributed by atoms with Gasteiger partial charge < -0.3 is 30.7 Å². The lowest BCUT2D eigenvalue weighted by Gasteiger charge is -2.20. The molecule has 1 aliphatic carbocycles. The van der Waals surface area contributed by atoms with Crippen LogP contribution in [-0.2, 0) is 19.9 Å². The standard InChI is InChI=1S/C31H28ClN5O2.C8H19N3O2/c1-17-14-20-16-33-37(3)31(38)27(20)29(34-17)35-25-13-7-9-21(18(25)2)23-11-6-12-24(28(23)32)26-15-19-8-5-10-22(19)30(36-26)39-4;1-9-4-3-5-11(6-7-12)8(13)10-2/h6-7,9,11-16H,5,8,10H2,1-4H3,(H,34,35);9,12H,3-7H2,1-2H3,(H,10,13). The van der Waals surface area contributed by atoms with E-state index in [0.29, 0.717) is 35.2 Å². The molecule has 4 N–H and O–H groups in total. The summed E-state index contributed by atoms with van der Waals surface area (Å²) in [4.78, 5) is 35.2. The number of urea groups is 1. The molecule has 52 heavy (non-hydrogen) atoms. The zero-order chi connectivity index (χ0) is 37.4. The highest BCUT2D eigenvalue weighted by atomic mass is 35.5. The minimum atomic E-state index is -0.204. The molecule has 3 aromatic heterocycles. The third-order valence-corrected chi connectivity index (χ3v) is 9.59. The van der Waals surface area contributed by atoms with E-state index < -0.39 is 0 Å². The highest BCUT2D eigenvalue weighted by molar-refractivity contribution is 6.36. The van der Waals surface area contributed by atoms with Crippen LogP contribution in [-0.4, -0.2) is 83.2 Å². The van der Waals surface area contributed by atoms with Crippen LogP contribution in [0.4, 0.5) is 16.3 Å². The Morgan fingerprint density at radius 3 is 2.52 bits per heavy atom. The molecule has 0 bridgehead atoms. The molecule has 0 aliphatic heterocycles. The summed E-state index contributed by atoms with van der Waals surface area (Å²) in [6.45, 7) is 5.88. The first-order valence-electron chi connectivity index (χ1n) is 17.4. The lowest BCUT2D eigenvalue weighted by Crippen LogP contribution is -2.41. The molecule has 0 atom stereocenters. The molecule has 0 unspecified atom stereocenters. The average molecular weight is 727 g/mol. The van der Waals surface area contributed by atoms with Crippen molar-refractivity contribution >= 4 is 39.9 Å². The van der Waals surface area contributed by atoms with E-state index >= 15 is 0 Å². The molecule has 3 heterocycles. The zero-order valence-corrected chi connectivity index (χ0v) is 31.4. The molecule has 12 nitrogen and oxygen atoms in total. The Morgan fingerprint density at radius 1 is 1.04 bits per heavy atom. The van der Waals surface area contributed by atoms with E-state index in [-0.39, 0.29) is 18.2 Å². The molecular formula is C39H47ClN8O4. The molecule has 274 valence electrons. The number of amides is 2. The smallest absolute Gasteiger partial charge is 0.317 e. The molecular weight excluding hydrogens is 680 g/mol. The van der Waals surface area contributed by atoms with Crippen LogP contribution in [0.1, 0.15) is 35.2 Å². The van der Waals surface area contributed by atoms with E-state index in [0.717, 1.165) is 76.9 Å². The van der Waals surface area contributed by atoms with Crippen molar-refractivity contribution in [2.75, 3.05) is 52.8 Å². The Balaban J connectivity index is 0.000000345. The van der Waals surface area contributed by atoms with Gasteiger partial charge in [-0.3, -0.25) is 4.79 Å². The van der Waals surface area contributed by atoms with Gasteiger partial charge >= 0.3 is 6.03 Å². The minimum absolute atomic E-state index is 0.00692. The van der Waals surface area contributed by atoms with Crippen molar-refractivity contribution < 1.29 is 14.6 Å². The summed E-state index contributed by atoms with van der Waals surface area (Å²) in [6, 6.07) is 15.9. The van der Waals surface area contributed by atoms with Gasteiger partial charge in [0.05, 0.1) is 36.0 Å². The second-order valence-corrected chi connectivity index (χ2v) is 13.0. The number of pyridine rings is 2. The molecule has 5 aromatic rings. The van der Waals surface area contributed by atoms with E-state index in [2.05, 4.69) is 32.1 Å². The van der Waals surface area contributed by atoms with Crippen molar-refractivity contribution in [1.29, 1.82) is 0 Å². The number of benzene rings is 2. The van der Waals surface area contributed by atoms with Crippen molar-refractivity contribution in [3.05, 3.63) is 92.5 Å². The van der Waals surface area contributed by atoms with Crippen molar-refractivity contribution in [2.45, 2.75) is 39.5 Å². The Morgan fingerprint density at radius 2 is 1.79 bits per heavy atom. The number of hydrogen-bond donors (Lipinski definition) is 4. The van der Waals surface area contributed by atoms with Crippen LogP contribution in [0.15, 0.2) is 59.5 Å². The van der Waals surface area contributed by atoms with E-state index in [9.17, 15) is 9.59 Å². The number of nitrogens with zero attached hydrogens (tertiary/aromatic N) is 5. The van der Waals surface area contributed by atoms with Crippen LogP contribution in [0.5, 0.6) is 5.88 Å². The van der Waals surface area contributed by atoms with Crippen LogP contribution in [0, 0.1) is 13.8 Å². The first-order chi connectivity index (χ1) is 25.1. The quantitative estimate of drug-likeness (QED) is 0.124. The predicted molar refractivity (Wildman–Crippen MR) is 208 cm³/mol. The summed E-state index contributed by atoms with van der Waals surface area (Å²) in [7, 11) is 6.77. The third kappa shape index (κ3) is 8.36. The summed E-state index contributed by atoms with van der Waals surface area (Å²) >= 11 is 7.08. The van der Waals surface area contributed by atoms with Crippen LogP contribution >= 0.6 is 11.6 Å². The van der Waals surface area contributed by atoms with Crippen molar-refractivity contribution in [3.8, 4) is 28.3 Å². The van der Waals surface area contributed by atoms with Crippen LogP contribution in [0.25, 0.3) is 33.2 Å². The SMILES string of the molecule is CNCCCN(CCO)C(=O)NC.COc1nc(-c2cccc(-c3cccc(Nc4nc(C)cc5cnn(C)c(=O)c45)c3C)c2Cl)cc2c1CCC2. The van der Waals surface area contributed by atoms with E-state index in [4.69, 9.17) is 26.4 Å². The Hall–Kier alpha value is -5.04. The van der Waals surface area contributed by atoms with E-state index in [1.807, 2.05) is 63.4 Å². The third-order valence-electron chi connectivity index (χ3n) is 9.18. The maximum Gasteiger partial charge on any atom is 0.317 e. The number of aryl methyl sites for hydroxylation is 3. The van der Waals surface area contributed by atoms with E-state index in [1.165, 1.54) is 15.8 Å². The number of carbonyl (C=O) groups is 1. The lowest BCUT2D eigenvalue weighted by atomic mass is 9.96. The van der Waals surface area contributed by atoms with Crippen LogP contribution in [0.3, 0.4) is 0 Å². The van der Waals surface area contributed by atoms with Gasteiger partial charge in [0, 0.05) is 60.6 Å². The number of aromatic nitrogens is 4. The van der Waals surface area contributed by atoms with Gasteiger partial charge in [-0.05, 0) is 88.0 Å². The minimum Gasteiger partial charge on any atom is -0.481 e. The van der Waals surface area contributed by atoms with Gasteiger partial charge in [-0.1, -0.05) is 41.9 Å². The first kappa shape index (κ1) is 38.2. The number of ether oxygens (including phenoxy) is 1. The lowest BCUT2D eigenvalue weighted by molar-refractivity contribution is 0.178. The molecule has 0 radical (unpaired) electrons. The largest absolute Gasteiger partial charge is 0.481 e. The molecule has 2 amide bonds. The fraction of sp³-hybridized carbons (Fsp3) is 0.359. The summed E-state index contributed by atoms with van der Waals surface area (Å²) in [6.07, 6.45) is 5.70. The predicted octanol–water partition coefficient (Wildman–Crippen LogP) is 5.80. The van der Waals surface area contributed by atoms with Gasteiger partial charge in [0.1, 0.15) is 5.82 Å². The number of fused-ring (bicyclic) bond motifs is 2. The van der Waals surface area contributed by atoms with Crippen molar-refractivity contribution in [3.63, 3.8) is 0 Å². The van der Waals surface area contributed by atoms with Gasteiger partial charge in [0.25, 0.3) is 5.56 Å². The highest BCUT2D eigenvalue weighted by Gasteiger charge is 2.21. The summed E-state index contributed by atoms with van der Waals surface area (Å²) in [5.41, 5.74) is 8.44. The summed E-state index contributed by atoms with van der Waals surface area (Å²) in [5.74, 6) is 1.19. The molecule has 0 spiro atoms. The molecule has 1 aliphatic rings. The fourth-order valence-corrected chi connectivity index (χ4v) is 6.82. The van der Waals surface area contributed by atoms with Gasteiger partial charge in [0.15, 0.2) is 0 Å². The number of halogens is 1. The Kier molecular flexibility index (Phi) is 12.8. The molecule has 0 saturated carbocycles. The van der Waals surface area contributed by atoms with Crippen LogP contribution < -0.4 is 26.2 Å². The number of hydrogen-bond acceptors (Lipinski definition) is 9. The summed E-state index contributed by atoms with van der Waals surface area (Å²) < 4.78 is 6.94. The fourth-order valence-electron chi connectivity index (χ4n) is 6.50. The van der Waals surface area contributed by atoms with Gasteiger partial charge in [-0.25, -0.2) is 19.4 Å². The van der Waals surface area contributed by atoms with Crippen molar-refractivity contribution in [2.24, 2.45) is 7.05 Å². The average Bonchev–Trinajstić information content (AvgIpc) is 3.62. The van der Waals surface area contributed by atoms with Gasteiger partial charge in [-0.2, -0.15) is 5.10 Å². The molecule has 0 fully saturated rings. The summed E-state index contributed by atoms with van der Waals surface area (Å²) in [5, 5.41) is 23.7. The molecule has 2 aromatic carbocycles. The number of methoxy groups -OCH3 is 1. The number of nitrogens with one attached hydrogen (secondary N) is 3. The number of carbonyl (C=O) groups excluding carboxylic acids is 1. The molecule has 13 heteroatoms. The second kappa shape index (κ2) is 17.5. The number of aliphatic hydroxyl groups excluding tert-OH is 1. The second-order valence-electron chi connectivity index (χ2n) is 12.7. The first-order valence-corrected chi connectivity index (χ1v) is 17.8. The number of aliphatic hydroxyl groups is 1. The number of anilines is 2. The normalized spacial score (nSPS) is 11.8. The Bertz CT molecular complexity index is 2120. The van der Waals surface area contributed by atoms with Crippen molar-refractivity contribution in [1.82, 2.24) is 35.3 Å². The number of rotatable bonds is 11. The maximum atomic E-state index is 12.9. The van der Waals surface area contributed by atoms with Gasteiger partial charge in [-0.15, -0.1) is 0 Å². The topological polar surface area (TPSA) is 147 Å². The molecule has 0 saturated heterocycles. The van der Waals surface area contributed by atoms with Gasteiger partial charge in [0.2, 0.25) is 5.88 Å². The highest BCUT2D eigenvalue weighted by Crippen LogP contribution is 2.41. The van der Waals surface area contributed by atoms with Crippen LogP contribution in [0.2, 0.25) is 5.02 Å². The Labute approximate surface area is 309 Å². The molecule has 6 rings (SSSR count). The zero-order valence-electron chi connectivity index (χ0n) is 30.6. The van der Waals surface area contributed by atoms with E-state index in [1.54, 1.807) is 32.3 Å². The maximum absolute atomic E-state index is 12.9. The monoisotopic (exact) mass is 726 g/mol.